The van der Waals surface area contributed by atoms with E-state index in [1.165, 1.54) is 11.8 Å². The van der Waals surface area contributed by atoms with Gasteiger partial charge in [-0.15, -0.1) is 0 Å². The van der Waals surface area contributed by atoms with Crippen molar-refractivity contribution in [3.63, 3.8) is 0 Å². The Morgan fingerprint density at radius 1 is 1.22 bits per heavy atom. The summed E-state index contributed by atoms with van der Waals surface area (Å²) in [5, 5.41) is 15.4. The molecule has 6 nitrogen and oxygen atoms in total. The van der Waals surface area contributed by atoms with Gasteiger partial charge < -0.3 is 10.6 Å². The molecule has 0 saturated carbocycles. The highest BCUT2D eigenvalue weighted by Crippen LogP contribution is 2.18. The summed E-state index contributed by atoms with van der Waals surface area (Å²) in [5.41, 5.74) is -0.123. The first-order valence-corrected chi connectivity index (χ1v) is 6.71. The summed E-state index contributed by atoms with van der Waals surface area (Å²) in [4.78, 5) is 12.8. The molecule has 0 atom stereocenters. The molecule has 0 unspecified atom stereocenters. The van der Waals surface area contributed by atoms with Gasteiger partial charge in [0.05, 0.1) is 11.8 Å². The Morgan fingerprint density at radius 3 is 2.44 bits per heavy atom. The maximum Gasteiger partial charge on any atom is 0.228 e. The summed E-state index contributed by atoms with van der Waals surface area (Å²) in [5.74, 6) is 1.37. The van der Waals surface area contributed by atoms with Gasteiger partial charge in [-0.3, -0.25) is 0 Å². The molecule has 98 valence electrons. The summed E-state index contributed by atoms with van der Waals surface area (Å²) in [6.07, 6.45) is 0. The largest absolute Gasteiger partial charge is 0.354 e. The lowest BCUT2D eigenvalue weighted by molar-refractivity contribution is 0.622. The van der Waals surface area contributed by atoms with Crippen LogP contribution in [0.15, 0.2) is 5.16 Å². The van der Waals surface area contributed by atoms with E-state index in [-0.39, 0.29) is 5.54 Å². The van der Waals surface area contributed by atoms with Gasteiger partial charge in [-0.25, -0.2) is 0 Å². The predicted molar refractivity (Wildman–Crippen MR) is 73.7 cm³/mol. The molecule has 1 aromatic rings. The smallest absolute Gasteiger partial charge is 0.228 e. The van der Waals surface area contributed by atoms with Crippen molar-refractivity contribution >= 4 is 23.7 Å². The standard InChI is InChI=1S/C11H18N6S/c1-5-13-8-14-9(17-11(2,3)4)16-10(15-8)18-7-6-12/h5,7H2,1-4H3,(H2,13,14,15,16,17). The van der Waals surface area contributed by atoms with Crippen LogP contribution in [0.2, 0.25) is 0 Å². The van der Waals surface area contributed by atoms with E-state index in [4.69, 9.17) is 5.26 Å². The minimum absolute atomic E-state index is 0.123. The van der Waals surface area contributed by atoms with E-state index in [0.717, 1.165) is 6.54 Å². The molecule has 0 aliphatic rings. The number of nitrogens with zero attached hydrogens (tertiary/aromatic N) is 4. The molecule has 0 saturated heterocycles. The average molecular weight is 266 g/mol. The molecule has 0 aliphatic heterocycles. The van der Waals surface area contributed by atoms with E-state index in [1.54, 1.807) is 0 Å². The number of rotatable bonds is 5. The predicted octanol–water partition coefficient (Wildman–Crippen LogP) is 2.13. The number of aromatic nitrogens is 3. The van der Waals surface area contributed by atoms with Crippen molar-refractivity contribution in [1.82, 2.24) is 15.0 Å². The lowest BCUT2D eigenvalue weighted by atomic mass is 10.1. The molecule has 1 aromatic heterocycles. The van der Waals surface area contributed by atoms with Crippen LogP contribution in [0.25, 0.3) is 0 Å². The fraction of sp³-hybridized carbons (Fsp3) is 0.636. The summed E-state index contributed by atoms with van der Waals surface area (Å²) >= 11 is 1.30. The van der Waals surface area contributed by atoms with Crippen LogP contribution < -0.4 is 10.6 Å². The Kier molecular flexibility index (Phi) is 5.16. The lowest BCUT2D eigenvalue weighted by Gasteiger charge is -2.20. The first kappa shape index (κ1) is 14.5. The summed E-state index contributed by atoms with van der Waals surface area (Å²) < 4.78 is 0. The Hall–Kier alpha value is -1.55. The van der Waals surface area contributed by atoms with Crippen LogP contribution in [0.5, 0.6) is 0 Å². The normalized spacial score (nSPS) is 10.8. The monoisotopic (exact) mass is 266 g/mol. The van der Waals surface area contributed by atoms with Gasteiger partial charge in [-0.05, 0) is 27.7 Å². The van der Waals surface area contributed by atoms with Crippen LogP contribution in [0.3, 0.4) is 0 Å². The van der Waals surface area contributed by atoms with Gasteiger partial charge in [0.2, 0.25) is 11.9 Å². The van der Waals surface area contributed by atoms with E-state index in [0.29, 0.717) is 22.8 Å². The Bertz CT molecular complexity index is 434. The molecule has 0 spiro atoms. The van der Waals surface area contributed by atoms with E-state index in [2.05, 4.69) is 31.7 Å². The number of anilines is 2. The number of nitrogens with one attached hydrogen (secondary N) is 2. The summed E-state index contributed by atoms with van der Waals surface area (Å²) in [7, 11) is 0. The van der Waals surface area contributed by atoms with E-state index in [9.17, 15) is 0 Å². The minimum atomic E-state index is -0.123. The van der Waals surface area contributed by atoms with Crippen LogP contribution in [0, 0.1) is 11.3 Å². The second-order valence-electron chi connectivity index (χ2n) is 4.62. The zero-order valence-corrected chi connectivity index (χ0v) is 11.9. The van der Waals surface area contributed by atoms with Gasteiger partial charge in [-0.1, -0.05) is 11.8 Å². The van der Waals surface area contributed by atoms with E-state index >= 15 is 0 Å². The molecular weight excluding hydrogens is 248 g/mol. The molecule has 18 heavy (non-hydrogen) atoms. The van der Waals surface area contributed by atoms with Crippen molar-refractivity contribution in [2.75, 3.05) is 22.9 Å². The molecule has 0 bridgehead atoms. The number of hydrogen-bond acceptors (Lipinski definition) is 7. The van der Waals surface area contributed by atoms with Crippen molar-refractivity contribution in [2.24, 2.45) is 0 Å². The Labute approximate surface area is 112 Å². The third kappa shape index (κ3) is 5.19. The lowest BCUT2D eigenvalue weighted by Crippen LogP contribution is -2.27. The molecule has 2 N–H and O–H groups in total. The van der Waals surface area contributed by atoms with E-state index in [1.807, 2.05) is 27.7 Å². The maximum absolute atomic E-state index is 8.58. The maximum atomic E-state index is 8.58. The number of thioether (sulfide) groups is 1. The number of nitriles is 1. The van der Waals surface area contributed by atoms with Gasteiger partial charge in [0.1, 0.15) is 0 Å². The first-order chi connectivity index (χ1) is 8.44. The summed E-state index contributed by atoms with van der Waals surface area (Å²) in [6, 6.07) is 2.06. The van der Waals surface area contributed by atoms with Crippen molar-refractivity contribution in [3.8, 4) is 6.07 Å². The van der Waals surface area contributed by atoms with Gasteiger partial charge in [0, 0.05) is 12.1 Å². The highest BCUT2D eigenvalue weighted by molar-refractivity contribution is 7.99. The van der Waals surface area contributed by atoms with Gasteiger partial charge >= 0.3 is 0 Å². The van der Waals surface area contributed by atoms with Crippen molar-refractivity contribution < 1.29 is 0 Å². The summed E-state index contributed by atoms with van der Waals surface area (Å²) in [6.45, 7) is 8.81. The van der Waals surface area contributed by atoms with E-state index < -0.39 is 0 Å². The molecule has 0 aromatic carbocycles. The molecule has 1 heterocycles. The molecule has 0 fully saturated rings. The minimum Gasteiger partial charge on any atom is -0.354 e. The Balaban J connectivity index is 2.94. The van der Waals surface area contributed by atoms with Crippen LogP contribution in [0.1, 0.15) is 27.7 Å². The molecule has 0 amide bonds. The third-order valence-corrected chi connectivity index (χ3v) is 2.42. The zero-order chi connectivity index (χ0) is 13.6. The topological polar surface area (TPSA) is 86.5 Å². The van der Waals surface area contributed by atoms with Crippen LogP contribution >= 0.6 is 11.8 Å². The SMILES string of the molecule is CCNc1nc(NC(C)(C)C)nc(SCC#N)n1. The second-order valence-corrected chi connectivity index (χ2v) is 5.56. The quantitative estimate of drug-likeness (QED) is 0.789. The highest BCUT2D eigenvalue weighted by Gasteiger charge is 2.13. The fourth-order valence-electron chi connectivity index (χ4n) is 1.15. The van der Waals surface area contributed by atoms with Crippen molar-refractivity contribution in [2.45, 2.75) is 38.4 Å². The van der Waals surface area contributed by atoms with Gasteiger partial charge in [-0.2, -0.15) is 20.2 Å². The number of hydrogen-bond donors (Lipinski definition) is 2. The average Bonchev–Trinajstić information content (AvgIpc) is 2.24. The van der Waals surface area contributed by atoms with Crippen LogP contribution in [-0.4, -0.2) is 32.8 Å². The van der Waals surface area contributed by atoms with Crippen LogP contribution in [-0.2, 0) is 0 Å². The molecule has 0 radical (unpaired) electrons. The highest BCUT2D eigenvalue weighted by atomic mass is 32.2. The second kappa shape index (κ2) is 6.40. The third-order valence-electron chi connectivity index (χ3n) is 1.70. The first-order valence-electron chi connectivity index (χ1n) is 5.72. The van der Waals surface area contributed by atoms with Gasteiger partial charge in [0.25, 0.3) is 0 Å². The molecule has 7 heteroatoms. The van der Waals surface area contributed by atoms with Crippen molar-refractivity contribution in [3.05, 3.63) is 0 Å². The van der Waals surface area contributed by atoms with Gasteiger partial charge in [0.15, 0.2) is 5.16 Å². The Morgan fingerprint density at radius 2 is 1.89 bits per heavy atom. The zero-order valence-electron chi connectivity index (χ0n) is 11.1. The molecule has 1 rings (SSSR count). The van der Waals surface area contributed by atoms with Crippen molar-refractivity contribution in [1.29, 1.82) is 5.26 Å². The molecular formula is C11H18N6S. The molecule has 0 aliphatic carbocycles. The van der Waals surface area contributed by atoms with Crippen LogP contribution in [0.4, 0.5) is 11.9 Å². The fourth-order valence-corrected chi connectivity index (χ4v) is 1.64.